The van der Waals surface area contributed by atoms with E-state index in [0.717, 1.165) is 12.6 Å². The zero-order chi connectivity index (χ0) is 10.1. The van der Waals surface area contributed by atoms with Crippen LogP contribution in [0, 0.1) is 0 Å². The molecule has 0 saturated heterocycles. The fraction of sp³-hybridized carbons (Fsp3) is 0.625. The first-order chi connectivity index (χ1) is 5.95. The first kappa shape index (κ1) is 10.1. The maximum absolute atomic E-state index is 12.1. The predicted octanol–water partition coefficient (Wildman–Crippen LogP) is 2.94. The van der Waals surface area contributed by atoms with Gasteiger partial charge in [-0.1, -0.05) is 13.8 Å². The van der Waals surface area contributed by atoms with Gasteiger partial charge in [-0.15, -0.1) is 0 Å². The Morgan fingerprint density at radius 2 is 2.15 bits per heavy atom. The van der Waals surface area contributed by atoms with Crippen LogP contribution < -0.4 is 0 Å². The monoisotopic (exact) mass is 192 g/mol. The van der Waals surface area contributed by atoms with Gasteiger partial charge in [-0.25, -0.2) is 4.98 Å². The van der Waals surface area contributed by atoms with Crippen LogP contribution >= 0.6 is 0 Å². The molecule has 0 aliphatic rings. The Kier molecular flexibility index (Phi) is 2.63. The van der Waals surface area contributed by atoms with Crippen molar-refractivity contribution in [2.24, 2.45) is 0 Å². The summed E-state index contributed by atoms with van der Waals surface area (Å²) in [4.78, 5) is 6.00. The summed E-state index contributed by atoms with van der Waals surface area (Å²) in [7, 11) is 0. The maximum Gasteiger partial charge on any atom is 0.434 e. The average Bonchev–Trinajstić information content (AvgIpc) is 2.50. The van der Waals surface area contributed by atoms with Crippen LogP contribution in [0.15, 0.2) is 6.20 Å². The molecular weight excluding hydrogens is 181 g/mol. The van der Waals surface area contributed by atoms with Gasteiger partial charge in [0.2, 0.25) is 0 Å². The van der Waals surface area contributed by atoms with Gasteiger partial charge in [0.15, 0.2) is 5.69 Å². The van der Waals surface area contributed by atoms with Gasteiger partial charge in [0.05, 0.1) is 0 Å². The molecule has 13 heavy (non-hydrogen) atoms. The number of imidazole rings is 1. The number of rotatable bonds is 2. The predicted molar refractivity (Wildman–Crippen MR) is 42.3 cm³/mol. The first-order valence-electron chi connectivity index (χ1n) is 4.07. The minimum absolute atomic E-state index is 0.0381. The molecule has 0 aliphatic heterocycles. The standard InChI is InChI=1S/C8H11F3N2/c1-3-5(2)7-12-4-6(13-7)8(9,10)11/h4-5H,3H2,1-2H3,(H,12,13). The second kappa shape index (κ2) is 3.40. The van der Waals surface area contributed by atoms with Gasteiger partial charge < -0.3 is 4.98 Å². The summed E-state index contributed by atoms with van der Waals surface area (Å²) in [5.41, 5.74) is -0.845. The molecule has 0 saturated carbocycles. The van der Waals surface area contributed by atoms with E-state index in [-0.39, 0.29) is 5.92 Å². The van der Waals surface area contributed by atoms with E-state index in [0.29, 0.717) is 5.82 Å². The Labute approximate surface area is 74.2 Å². The number of aromatic nitrogens is 2. The maximum atomic E-state index is 12.1. The molecule has 1 atom stereocenters. The molecule has 0 spiro atoms. The third-order valence-electron chi connectivity index (χ3n) is 1.97. The van der Waals surface area contributed by atoms with Crippen molar-refractivity contribution in [2.45, 2.75) is 32.4 Å². The molecule has 0 radical (unpaired) electrons. The minimum atomic E-state index is -4.35. The average molecular weight is 192 g/mol. The van der Waals surface area contributed by atoms with E-state index in [4.69, 9.17) is 0 Å². The van der Waals surface area contributed by atoms with Crippen LogP contribution in [-0.4, -0.2) is 9.97 Å². The van der Waals surface area contributed by atoms with Crippen LogP contribution in [0.2, 0.25) is 0 Å². The Morgan fingerprint density at radius 1 is 1.54 bits per heavy atom. The number of hydrogen-bond donors (Lipinski definition) is 1. The second-order valence-electron chi connectivity index (χ2n) is 2.98. The van der Waals surface area contributed by atoms with Crippen LogP contribution in [0.1, 0.15) is 37.7 Å². The van der Waals surface area contributed by atoms with Crippen molar-refractivity contribution in [2.75, 3.05) is 0 Å². The molecule has 5 heteroatoms. The summed E-state index contributed by atoms with van der Waals surface area (Å²) in [5, 5.41) is 0. The molecule has 1 heterocycles. The van der Waals surface area contributed by atoms with Gasteiger partial charge in [0, 0.05) is 12.1 Å². The number of alkyl halides is 3. The molecule has 0 aliphatic carbocycles. The van der Waals surface area contributed by atoms with Crippen molar-refractivity contribution in [1.82, 2.24) is 9.97 Å². The molecule has 0 amide bonds. The third-order valence-corrected chi connectivity index (χ3v) is 1.97. The fourth-order valence-electron chi connectivity index (χ4n) is 0.928. The van der Waals surface area contributed by atoms with Gasteiger partial charge in [-0.05, 0) is 6.42 Å². The highest BCUT2D eigenvalue weighted by molar-refractivity contribution is 5.07. The van der Waals surface area contributed by atoms with Gasteiger partial charge >= 0.3 is 6.18 Å². The van der Waals surface area contributed by atoms with E-state index in [2.05, 4.69) is 9.97 Å². The van der Waals surface area contributed by atoms with Gasteiger partial charge in [0.1, 0.15) is 5.82 Å². The molecular formula is C8H11F3N2. The zero-order valence-corrected chi connectivity index (χ0v) is 7.44. The van der Waals surface area contributed by atoms with Crippen molar-refractivity contribution in [1.29, 1.82) is 0 Å². The van der Waals surface area contributed by atoms with Crippen molar-refractivity contribution in [3.05, 3.63) is 17.7 Å². The topological polar surface area (TPSA) is 28.7 Å². The molecule has 1 aromatic rings. The van der Waals surface area contributed by atoms with E-state index in [1.807, 2.05) is 13.8 Å². The van der Waals surface area contributed by atoms with Gasteiger partial charge in [-0.2, -0.15) is 13.2 Å². The summed E-state index contributed by atoms with van der Waals surface area (Å²) in [5.74, 6) is 0.436. The molecule has 0 aromatic carbocycles. The van der Waals surface area contributed by atoms with E-state index < -0.39 is 11.9 Å². The van der Waals surface area contributed by atoms with Gasteiger partial charge in [0.25, 0.3) is 0 Å². The SMILES string of the molecule is CCC(C)c1nc(C(F)(F)F)c[nH]1. The molecule has 1 unspecified atom stereocenters. The minimum Gasteiger partial charge on any atom is -0.348 e. The summed E-state index contributed by atoms with van der Waals surface area (Å²) in [6.07, 6.45) is -2.67. The Hall–Kier alpha value is -1.00. The molecule has 1 aromatic heterocycles. The summed E-state index contributed by atoms with van der Waals surface area (Å²) in [6.45, 7) is 3.74. The lowest BCUT2D eigenvalue weighted by molar-refractivity contribution is -0.140. The lowest BCUT2D eigenvalue weighted by Gasteiger charge is -2.03. The summed E-state index contributed by atoms with van der Waals surface area (Å²) >= 11 is 0. The highest BCUT2D eigenvalue weighted by Crippen LogP contribution is 2.28. The van der Waals surface area contributed by atoms with E-state index in [9.17, 15) is 13.2 Å². The van der Waals surface area contributed by atoms with E-state index in [1.165, 1.54) is 0 Å². The quantitative estimate of drug-likeness (QED) is 0.766. The normalized spacial score (nSPS) is 14.5. The zero-order valence-electron chi connectivity index (χ0n) is 7.44. The number of nitrogens with zero attached hydrogens (tertiary/aromatic N) is 1. The van der Waals surface area contributed by atoms with Crippen LogP contribution in [0.3, 0.4) is 0 Å². The van der Waals surface area contributed by atoms with Crippen LogP contribution in [-0.2, 0) is 6.18 Å². The van der Waals surface area contributed by atoms with Crippen molar-refractivity contribution in [3.8, 4) is 0 Å². The first-order valence-corrected chi connectivity index (χ1v) is 4.07. The number of aromatic amines is 1. The summed E-state index contributed by atoms with van der Waals surface area (Å²) < 4.78 is 36.3. The van der Waals surface area contributed by atoms with E-state index >= 15 is 0 Å². The molecule has 0 bridgehead atoms. The lowest BCUT2D eigenvalue weighted by atomic mass is 10.1. The van der Waals surface area contributed by atoms with Crippen LogP contribution in [0.25, 0.3) is 0 Å². The van der Waals surface area contributed by atoms with Crippen LogP contribution in [0.5, 0.6) is 0 Å². The molecule has 1 N–H and O–H groups in total. The Balaban J connectivity index is 2.87. The van der Waals surface area contributed by atoms with E-state index in [1.54, 1.807) is 0 Å². The number of halogens is 3. The largest absolute Gasteiger partial charge is 0.434 e. The highest BCUT2D eigenvalue weighted by atomic mass is 19.4. The Morgan fingerprint density at radius 3 is 2.54 bits per heavy atom. The molecule has 2 nitrogen and oxygen atoms in total. The second-order valence-corrected chi connectivity index (χ2v) is 2.98. The molecule has 1 rings (SSSR count). The van der Waals surface area contributed by atoms with Gasteiger partial charge in [-0.3, -0.25) is 0 Å². The van der Waals surface area contributed by atoms with Crippen molar-refractivity contribution < 1.29 is 13.2 Å². The van der Waals surface area contributed by atoms with Crippen molar-refractivity contribution in [3.63, 3.8) is 0 Å². The number of H-pyrrole nitrogens is 1. The van der Waals surface area contributed by atoms with Crippen molar-refractivity contribution >= 4 is 0 Å². The fourth-order valence-corrected chi connectivity index (χ4v) is 0.928. The highest BCUT2D eigenvalue weighted by Gasteiger charge is 2.33. The molecule has 74 valence electrons. The Bertz CT molecular complexity index is 277. The number of hydrogen-bond acceptors (Lipinski definition) is 1. The number of nitrogens with one attached hydrogen (secondary N) is 1. The molecule has 0 fully saturated rings. The summed E-state index contributed by atoms with van der Waals surface area (Å²) in [6, 6.07) is 0. The smallest absolute Gasteiger partial charge is 0.348 e. The lowest BCUT2D eigenvalue weighted by Crippen LogP contribution is -2.05. The van der Waals surface area contributed by atoms with Crippen LogP contribution in [0.4, 0.5) is 13.2 Å². The third kappa shape index (κ3) is 2.23.